The lowest BCUT2D eigenvalue weighted by Crippen LogP contribution is -2.37. The molecule has 7 nitrogen and oxygen atoms in total. The number of carbonyl (C=O) groups excluding carboxylic acids is 1. The maximum Gasteiger partial charge on any atom is 0.286 e. The fourth-order valence-corrected chi connectivity index (χ4v) is 2.87. The van der Waals surface area contributed by atoms with Crippen molar-refractivity contribution in [1.29, 1.82) is 0 Å². The summed E-state index contributed by atoms with van der Waals surface area (Å²) in [6, 6.07) is 2.64. The summed E-state index contributed by atoms with van der Waals surface area (Å²) < 4.78 is 10.2. The highest BCUT2D eigenvalue weighted by Gasteiger charge is 2.27. The number of hydrogen-bond acceptors (Lipinski definition) is 5. The van der Waals surface area contributed by atoms with Crippen LogP contribution < -0.4 is 14.8 Å². The molecular weight excluding hydrogens is 300 g/mol. The van der Waals surface area contributed by atoms with Crippen LogP contribution in [0.1, 0.15) is 43.0 Å². The standard InChI is InChI=1S/C16H22N2O5/c1-10-4-6-11(7-5-10)17-16(19)12-8-14(22-2)15(23-3)9-13(12)18(20)21/h8-11H,4-7H2,1-3H3,(H,17,19). The number of benzene rings is 1. The fraction of sp³-hybridized carbons (Fsp3) is 0.562. The summed E-state index contributed by atoms with van der Waals surface area (Å²) in [5, 5.41) is 14.2. The molecule has 1 amide bonds. The average molecular weight is 322 g/mol. The van der Waals surface area contributed by atoms with Gasteiger partial charge in [0, 0.05) is 12.1 Å². The Morgan fingerprint density at radius 3 is 2.26 bits per heavy atom. The third-order valence-corrected chi connectivity index (χ3v) is 4.29. The Balaban J connectivity index is 2.25. The highest BCUT2D eigenvalue weighted by Crippen LogP contribution is 2.34. The largest absolute Gasteiger partial charge is 0.493 e. The van der Waals surface area contributed by atoms with E-state index in [-0.39, 0.29) is 23.0 Å². The second kappa shape index (κ2) is 7.30. The van der Waals surface area contributed by atoms with Gasteiger partial charge in [0.05, 0.1) is 25.2 Å². The minimum atomic E-state index is -0.584. The van der Waals surface area contributed by atoms with E-state index >= 15 is 0 Å². The molecule has 1 aromatic carbocycles. The van der Waals surface area contributed by atoms with E-state index < -0.39 is 10.8 Å². The lowest BCUT2D eigenvalue weighted by atomic mass is 9.87. The smallest absolute Gasteiger partial charge is 0.286 e. The average Bonchev–Trinajstić information content (AvgIpc) is 2.55. The molecule has 0 spiro atoms. The predicted molar refractivity (Wildman–Crippen MR) is 85.1 cm³/mol. The molecule has 1 aliphatic carbocycles. The van der Waals surface area contributed by atoms with Gasteiger partial charge in [0.15, 0.2) is 11.5 Å². The van der Waals surface area contributed by atoms with Crippen LogP contribution in [0, 0.1) is 16.0 Å². The molecule has 1 fully saturated rings. The SMILES string of the molecule is COc1cc(C(=O)NC2CCC(C)CC2)c([N+](=O)[O-])cc1OC. The quantitative estimate of drug-likeness (QED) is 0.665. The van der Waals surface area contributed by atoms with Crippen molar-refractivity contribution in [3.63, 3.8) is 0 Å². The number of nitrogens with zero attached hydrogens (tertiary/aromatic N) is 1. The van der Waals surface area contributed by atoms with E-state index in [1.54, 1.807) is 0 Å². The first-order chi connectivity index (χ1) is 11.0. The van der Waals surface area contributed by atoms with Crippen LogP contribution in [0.25, 0.3) is 0 Å². The molecule has 0 radical (unpaired) electrons. The molecule has 2 rings (SSSR count). The number of rotatable bonds is 5. The van der Waals surface area contributed by atoms with Gasteiger partial charge in [-0.2, -0.15) is 0 Å². The van der Waals surface area contributed by atoms with Crippen molar-refractivity contribution in [3.05, 3.63) is 27.8 Å². The summed E-state index contributed by atoms with van der Waals surface area (Å²) in [6.45, 7) is 2.19. The first-order valence-electron chi connectivity index (χ1n) is 7.67. The predicted octanol–water partition coefficient (Wildman–Crippen LogP) is 2.92. The van der Waals surface area contributed by atoms with E-state index in [0.29, 0.717) is 11.7 Å². The minimum Gasteiger partial charge on any atom is -0.493 e. The molecule has 0 bridgehead atoms. The second-order valence-electron chi connectivity index (χ2n) is 5.91. The van der Waals surface area contributed by atoms with E-state index in [9.17, 15) is 14.9 Å². The molecule has 0 heterocycles. The van der Waals surface area contributed by atoms with Crippen LogP contribution in [0.4, 0.5) is 5.69 Å². The van der Waals surface area contributed by atoms with Crippen molar-refractivity contribution in [2.24, 2.45) is 5.92 Å². The zero-order valence-corrected chi connectivity index (χ0v) is 13.6. The Morgan fingerprint density at radius 2 is 1.74 bits per heavy atom. The van der Waals surface area contributed by atoms with Gasteiger partial charge in [-0.05, 0) is 31.6 Å². The van der Waals surface area contributed by atoms with Crippen LogP contribution in [0.15, 0.2) is 12.1 Å². The molecule has 1 aromatic rings. The van der Waals surface area contributed by atoms with Gasteiger partial charge in [0.1, 0.15) is 5.56 Å². The zero-order valence-electron chi connectivity index (χ0n) is 13.6. The summed E-state index contributed by atoms with van der Waals surface area (Å²) in [6.07, 6.45) is 3.90. The monoisotopic (exact) mass is 322 g/mol. The Bertz CT molecular complexity index is 594. The lowest BCUT2D eigenvalue weighted by molar-refractivity contribution is -0.385. The molecule has 0 unspecified atom stereocenters. The van der Waals surface area contributed by atoms with Crippen LogP contribution in [-0.4, -0.2) is 31.1 Å². The number of hydrogen-bond donors (Lipinski definition) is 1. The topological polar surface area (TPSA) is 90.7 Å². The van der Waals surface area contributed by atoms with Crippen LogP contribution in [0.3, 0.4) is 0 Å². The third kappa shape index (κ3) is 3.91. The van der Waals surface area contributed by atoms with Crippen molar-refractivity contribution in [2.75, 3.05) is 14.2 Å². The molecule has 126 valence electrons. The summed E-state index contributed by atoms with van der Waals surface area (Å²) in [5.74, 6) is 0.735. The zero-order chi connectivity index (χ0) is 17.0. The Kier molecular flexibility index (Phi) is 5.41. The van der Waals surface area contributed by atoms with Crippen molar-refractivity contribution >= 4 is 11.6 Å². The van der Waals surface area contributed by atoms with E-state index in [1.165, 1.54) is 26.4 Å². The number of ether oxygens (including phenoxy) is 2. The molecule has 1 N–H and O–H groups in total. The summed E-state index contributed by atoms with van der Waals surface area (Å²) >= 11 is 0. The fourth-order valence-electron chi connectivity index (χ4n) is 2.87. The van der Waals surface area contributed by atoms with Crippen LogP contribution >= 0.6 is 0 Å². The van der Waals surface area contributed by atoms with E-state index in [2.05, 4.69) is 12.2 Å². The number of carbonyl (C=O) groups is 1. The maximum absolute atomic E-state index is 12.5. The Labute approximate surface area is 135 Å². The maximum atomic E-state index is 12.5. The Morgan fingerprint density at radius 1 is 1.17 bits per heavy atom. The van der Waals surface area contributed by atoms with Gasteiger partial charge in [0.25, 0.3) is 11.6 Å². The van der Waals surface area contributed by atoms with Crippen molar-refractivity contribution in [3.8, 4) is 11.5 Å². The molecular formula is C16H22N2O5. The summed E-state index contributed by atoms with van der Waals surface area (Å²) in [5.41, 5.74) is -0.296. The minimum absolute atomic E-state index is 0.00808. The molecule has 0 atom stereocenters. The molecule has 0 aromatic heterocycles. The molecule has 0 aliphatic heterocycles. The molecule has 0 saturated heterocycles. The Hall–Kier alpha value is -2.31. The van der Waals surface area contributed by atoms with Crippen molar-refractivity contribution in [1.82, 2.24) is 5.32 Å². The van der Waals surface area contributed by atoms with Crippen LogP contribution in [0.5, 0.6) is 11.5 Å². The third-order valence-electron chi connectivity index (χ3n) is 4.29. The first-order valence-corrected chi connectivity index (χ1v) is 7.67. The van der Waals surface area contributed by atoms with Gasteiger partial charge in [0.2, 0.25) is 0 Å². The van der Waals surface area contributed by atoms with Crippen molar-refractivity contribution in [2.45, 2.75) is 38.6 Å². The van der Waals surface area contributed by atoms with Crippen molar-refractivity contribution < 1.29 is 19.2 Å². The molecule has 7 heteroatoms. The van der Waals surface area contributed by atoms with Gasteiger partial charge >= 0.3 is 0 Å². The molecule has 1 aliphatic rings. The van der Waals surface area contributed by atoms with Gasteiger partial charge in [-0.25, -0.2) is 0 Å². The number of nitro groups is 1. The number of amides is 1. The summed E-state index contributed by atoms with van der Waals surface area (Å²) in [4.78, 5) is 23.2. The van der Waals surface area contributed by atoms with E-state index in [0.717, 1.165) is 25.7 Å². The van der Waals surface area contributed by atoms with Gasteiger partial charge in [-0.15, -0.1) is 0 Å². The van der Waals surface area contributed by atoms with Crippen LogP contribution in [-0.2, 0) is 0 Å². The number of nitrogens with one attached hydrogen (secondary N) is 1. The molecule has 23 heavy (non-hydrogen) atoms. The van der Waals surface area contributed by atoms with Gasteiger partial charge in [-0.3, -0.25) is 14.9 Å². The highest BCUT2D eigenvalue weighted by molar-refractivity contribution is 5.99. The highest BCUT2D eigenvalue weighted by atomic mass is 16.6. The van der Waals surface area contributed by atoms with Crippen LogP contribution in [0.2, 0.25) is 0 Å². The molecule has 1 saturated carbocycles. The number of nitro benzene ring substituents is 1. The van der Waals surface area contributed by atoms with E-state index in [4.69, 9.17) is 9.47 Å². The lowest BCUT2D eigenvalue weighted by Gasteiger charge is -2.26. The van der Waals surface area contributed by atoms with E-state index in [1.807, 2.05) is 0 Å². The number of methoxy groups -OCH3 is 2. The normalized spacial score (nSPS) is 20.7. The van der Waals surface area contributed by atoms with Gasteiger partial charge < -0.3 is 14.8 Å². The van der Waals surface area contributed by atoms with Gasteiger partial charge in [-0.1, -0.05) is 6.92 Å². The summed E-state index contributed by atoms with van der Waals surface area (Å²) in [7, 11) is 2.82. The second-order valence-corrected chi connectivity index (χ2v) is 5.91. The first kappa shape index (κ1) is 17.1.